The average Bonchev–Trinajstić information content (AvgIpc) is 2.42. The van der Waals surface area contributed by atoms with Gasteiger partial charge in [-0.05, 0) is 0 Å². The number of rotatable bonds is 6. The predicted molar refractivity (Wildman–Crippen MR) is 47.8 cm³/mol. The number of hydrogen-bond acceptors (Lipinski definition) is 1. The molecule has 0 amide bonds. The lowest BCUT2D eigenvalue weighted by Gasteiger charge is -2.41. The maximum Gasteiger partial charge on any atom is 0.460 e. The highest BCUT2D eigenvalue weighted by atomic mass is 19.4. The van der Waals surface area contributed by atoms with Crippen LogP contribution in [0.25, 0.3) is 0 Å². The summed E-state index contributed by atoms with van der Waals surface area (Å²) in [6, 6.07) is 0. The van der Waals surface area contributed by atoms with Gasteiger partial charge in [-0.2, -0.15) is 87.8 Å². The third-order valence-electron chi connectivity index (χ3n) is 2.90. The molecule has 1 nitrogen and oxygen atoms in total. The summed E-state index contributed by atoms with van der Waals surface area (Å²) in [4.78, 5) is 0. The molecule has 0 bridgehead atoms. The van der Waals surface area contributed by atoms with Gasteiger partial charge in [0.1, 0.15) is 0 Å². The molecule has 0 aliphatic rings. The molecule has 182 valence electrons. The molecule has 0 fully saturated rings. The lowest BCUT2D eigenvalue weighted by molar-refractivity contribution is -0.527. The molecule has 30 heavy (non-hydrogen) atoms. The Morgan fingerprint density at radius 1 is 0.300 bits per heavy atom. The molecule has 0 unspecified atom stereocenters. The van der Waals surface area contributed by atoms with Gasteiger partial charge in [0.05, 0.1) is 0 Å². The molecule has 0 aromatic carbocycles. The Morgan fingerprint density at radius 3 is 0.800 bits per heavy atom. The van der Waals surface area contributed by atoms with Crippen LogP contribution in [0.5, 0.6) is 0 Å². The molecule has 0 rings (SSSR count). The Balaban J connectivity index is 6.65. The molecule has 0 saturated heterocycles. The number of ether oxygens (including phenoxy) is 1. The highest BCUT2D eigenvalue weighted by Crippen LogP contribution is 2.62. The predicted octanol–water partition coefficient (Wildman–Crippen LogP) is 6.49. The van der Waals surface area contributed by atoms with Gasteiger partial charge in [-0.3, -0.25) is 4.74 Å². The fourth-order valence-corrected chi connectivity index (χ4v) is 1.27. The van der Waals surface area contributed by atoms with Crippen LogP contribution in [0, 0.1) is 0 Å². The van der Waals surface area contributed by atoms with Crippen molar-refractivity contribution in [2.75, 3.05) is 0 Å². The highest BCUT2D eigenvalue weighted by molar-refractivity contribution is 5.09. The van der Waals surface area contributed by atoms with Gasteiger partial charge in [-0.15, -0.1) is 0 Å². The summed E-state index contributed by atoms with van der Waals surface area (Å²) < 4.78 is 249. The quantitative estimate of drug-likeness (QED) is 0.376. The first kappa shape index (κ1) is 28.6. The zero-order valence-electron chi connectivity index (χ0n) is 12.5. The molecule has 0 saturated carbocycles. The van der Waals surface area contributed by atoms with Gasteiger partial charge in [0.25, 0.3) is 0 Å². The second kappa shape index (κ2) is 6.78. The summed E-state index contributed by atoms with van der Waals surface area (Å²) in [5, 5.41) is 0. The van der Waals surface area contributed by atoms with E-state index in [4.69, 9.17) is 0 Å². The molecule has 0 aromatic rings. The van der Waals surface area contributed by atoms with E-state index in [0.29, 0.717) is 0 Å². The molecule has 0 N–H and O–H groups in total. The third-order valence-corrected chi connectivity index (χ3v) is 2.90. The minimum Gasteiger partial charge on any atom is -0.262 e. The Bertz CT molecular complexity index is 604. The molecular weight excluding hydrogens is 504 g/mol. The average molecular weight is 504 g/mol. The third kappa shape index (κ3) is 3.80. The van der Waals surface area contributed by atoms with Crippen LogP contribution in [0.3, 0.4) is 0 Å². The zero-order valence-corrected chi connectivity index (χ0v) is 12.5. The van der Waals surface area contributed by atoms with E-state index in [9.17, 15) is 87.8 Å². The van der Waals surface area contributed by atoms with Crippen molar-refractivity contribution >= 4 is 0 Å². The second-order valence-electron chi connectivity index (χ2n) is 5.00. The SMILES string of the molecule is FC(F)(F)C(F)(F)C(F)(F)C(F)(F)C(F)(F)C(F)(F)OC(F)(C(F)(F)F)C(F)(F)F. The van der Waals surface area contributed by atoms with Gasteiger partial charge in [0.15, 0.2) is 0 Å². The Labute approximate surface area is 148 Å². The van der Waals surface area contributed by atoms with E-state index in [1.807, 2.05) is 0 Å². The van der Waals surface area contributed by atoms with E-state index < -0.39 is 54.2 Å². The number of alkyl halides is 20. The maximum absolute atomic E-state index is 13.0. The van der Waals surface area contributed by atoms with E-state index in [2.05, 4.69) is 0 Å². The van der Waals surface area contributed by atoms with Gasteiger partial charge in [0.2, 0.25) is 0 Å². The maximum atomic E-state index is 13.0. The summed E-state index contributed by atoms with van der Waals surface area (Å²) in [5.41, 5.74) is 0. The van der Waals surface area contributed by atoms with Crippen molar-refractivity contribution in [1.82, 2.24) is 0 Å². The van der Waals surface area contributed by atoms with Gasteiger partial charge in [-0.1, -0.05) is 0 Å². The van der Waals surface area contributed by atoms with E-state index in [-0.39, 0.29) is 0 Å². The first-order valence-corrected chi connectivity index (χ1v) is 5.94. The molecule has 21 heteroatoms. The zero-order chi connectivity index (χ0) is 25.2. The molecule has 0 radical (unpaired) electrons. The Hall–Kier alpha value is -1.44. The van der Waals surface area contributed by atoms with Crippen molar-refractivity contribution in [1.29, 1.82) is 0 Å². The van der Waals surface area contributed by atoms with Crippen molar-refractivity contribution in [2.24, 2.45) is 0 Å². The molecule has 0 aliphatic heterocycles. The van der Waals surface area contributed by atoms with Crippen LogP contribution in [-0.2, 0) is 4.74 Å². The molecule has 0 aromatic heterocycles. The van der Waals surface area contributed by atoms with E-state index >= 15 is 0 Å². The van der Waals surface area contributed by atoms with Gasteiger partial charge < -0.3 is 0 Å². The van der Waals surface area contributed by atoms with Gasteiger partial charge in [0, 0.05) is 0 Å². The minimum atomic E-state index is -8.78. The molecule has 0 atom stereocenters. The van der Waals surface area contributed by atoms with Crippen LogP contribution in [0.1, 0.15) is 0 Å². The van der Waals surface area contributed by atoms with Gasteiger partial charge in [-0.25, -0.2) is 0 Å². The summed E-state index contributed by atoms with van der Waals surface area (Å²) in [7, 11) is 0. The van der Waals surface area contributed by atoms with Crippen LogP contribution < -0.4 is 0 Å². The van der Waals surface area contributed by atoms with Crippen molar-refractivity contribution in [3.8, 4) is 0 Å². The standard InChI is InChI=1S/C9F20O/c10-1(11,3(14,15)6(19,20)21)2(12,13)4(16,17)9(28,29)30-5(18,7(22,23)24)8(25,26)27. The minimum absolute atomic E-state index is 0.959. The molecule has 0 spiro atoms. The fraction of sp³-hybridized carbons (Fsp3) is 1.00. The van der Waals surface area contributed by atoms with Crippen molar-refractivity contribution in [3.05, 3.63) is 0 Å². The van der Waals surface area contributed by atoms with Crippen LogP contribution in [0.4, 0.5) is 87.8 Å². The molecular formula is C9F20O. The first-order valence-electron chi connectivity index (χ1n) is 5.94. The first-order chi connectivity index (χ1) is 12.5. The van der Waals surface area contributed by atoms with Crippen LogP contribution >= 0.6 is 0 Å². The summed E-state index contributed by atoms with van der Waals surface area (Å²) in [6.45, 7) is 0. The largest absolute Gasteiger partial charge is 0.460 e. The topological polar surface area (TPSA) is 9.23 Å². The summed E-state index contributed by atoms with van der Waals surface area (Å²) >= 11 is 0. The van der Waals surface area contributed by atoms with Crippen LogP contribution in [-0.4, -0.2) is 54.2 Å². The summed E-state index contributed by atoms with van der Waals surface area (Å²) in [5.74, 6) is -42.4. The smallest absolute Gasteiger partial charge is 0.262 e. The highest BCUT2D eigenvalue weighted by Gasteiger charge is 2.93. The van der Waals surface area contributed by atoms with E-state index in [1.165, 1.54) is 0 Å². The monoisotopic (exact) mass is 504 g/mol. The summed E-state index contributed by atoms with van der Waals surface area (Å²) in [6.07, 6.45) is -32.0. The lowest BCUT2D eigenvalue weighted by atomic mass is 9.97. The van der Waals surface area contributed by atoms with Crippen LogP contribution in [0.15, 0.2) is 0 Å². The van der Waals surface area contributed by atoms with E-state index in [0.717, 1.165) is 4.74 Å². The van der Waals surface area contributed by atoms with Crippen LogP contribution in [0.2, 0.25) is 0 Å². The molecule has 0 heterocycles. The van der Waals surface area contributed by atoms with Crippen molar-refractivity contribution in [3.63, 3.8) is 0 Å². The van der Waals surface area contributed by atoms with E-state index in [1.54, 1.807) is 0 Å². The van der Waals surface area contributed by atoms with Crippen molar-refractivity contribution < 1.29 is 92.5 Å². The molecule has 0 aliphatic carbocycles. The number of halogens is 20. The van der Waals surface area contributed by atoms with Gasteiger partial charge >= 0.3 is 54.2 Å². The Morgan fingerprint density at radius 2 is 0.567 bits per heavy atom. The fourth-order valence-electron chi connectivity index (χ4n) is 1.27. The normalized spacial score (nSPS) is 16.8. The number of hydrogen-bond donors (Lipinski definition) is 0. The van der Waals surface area contributed by atoms with Crippen molar-refractivity contribution in [2.45, 2.75) is 54.2 Å². The Kier molecular flexibility index (Phi) is 6.45. The second-order valence-corrected chi connectivity index (χ2v) is 5.00. The lowest BCUT2D eigenvalue weighted by Crippen LogP contribution is -2.72.